The van der Waals surface area contributed by atoms with Gasteiger partial charge in [-0.05, 0) is 6.07 Å². The van der Waals surface area contributed by atoms with Gasteiger partial charge in [0.25, 0.3) is 0 Å². The second-order valence-corrected chi connectivity index (χ2v) is 3.85. The summed E-state index contributed by atoms with van der Waals surface area (Å²) in [6.45, 7) is 4.49. The summed E-state index contributed by atoms with van der Waals surface area (Å²) in [7, 11) is 0. The number of nitrogens with zero attached hydrogens (tertiary/aromatic N) is 2. The molecule has 2 rings (SSSR count). The quantitative estimate of drug-likeness (QED) is 0.741. The highest BCUT2D eigenvalue weighted by molar-refractivity contribution is 5.71. The van der Waals surface area contributed by atoms with Crippen LogP contribution in [-0.2, 0) is 0 Å². The van der Waals surface area contributed by atoms with Crippen LogP contribution in [0.25, 0.3) is 0 Å². The van der Waals surface area contributed by atoms with E-state index in [1.54, 1.807) is 6.07 Å². The second kappa shape index (κ2) is 5.14. The third-order valence-electron chi connectivity index (χ3n) is 2.83. The monoisotopic (exact) mass is 224 g/mol. The highest BCUT2D eigenvalue weighted by atomic mass is 16.4. The number of aliphatic hydroxyl groups excluding tert-OH is 1. The Hall–Kier alpha value is -1.33. The highest BCUT2D eigenvalue weighted by Crippen LogP contribution is 2.18. The third kappa shape index (κ3) is 2.43. The van der Waals surface area contributed by atoms with E-state index in [0.29, 0.717) is 12.0 Å². The first kappa shape index (κ1) is 11.2. The molecule has 0 unspecified atom stereocenters. The van der Waals surface area contributed by atoms with Gasteiger partial charge in [0.15, 0.2) is 17.9 Å². The first-order valence-corrected chi connectivity index (χ1v) is 5.46. The molecule has 16 heavy (non-hydrogen) atoms. The number of rotatable bonds is 4. The summed E-state index contributed by atoms with van der Waals surface area (Å²) >= 11 is 0. The predicted molar refractivity (Wildman–Crippen MR) is 59.8 cm³/mol. The van der Waals surface area contributed by atoms with Gasteiger partial charge < -0.3 is 14.4 Å². The Morgan fingerprint density at radius 2 is 2.06 bits per heavy atom. The molecule has 1 fully saturated rings. The molecular weight excluding hydrogens is 208 g/mol. The van der Waals surface area contributed by atoms with Gasteiger partial charge in [0, 0.05) is 38.8 Å². The average Bonchev–Trinajstić information content (AvgIpc) is 2.79. The number of piperazine rings is 1. The van der Waals surface area contributed by atoms with Crippen LogP contribution >= 0.6 is 0 Å². The van der Waals surface area contributed by atoms with Gasteiger partial charge in [-0.25, -0.2) is 0 Å². The molecule has 1 aliphatic rings. The molecule has 1 aliphatic heterocycles. The number of carbonyl (C=O) groups is 1. The van der Waals surface area contributed by atoms with Crippen molar-refractivity contribution in [2.45, 2.75) is 0 Å². The maximum Gasteiger partial charge on any atom is 0.196 e. The summed E-state index contributed by atoms with van der Waals surface area (Å²) in [5.41, 5.74) is 0. The molecule has 0 atom stereocenters. The van der Waals surface area contributed by atoms with Crippen molar-refractivity contribution in [3.8, 4) is 0 Å². The SMILES string of the molecule is O=Cc1ccc(N2CCN(CCO)CC2)o1. The molecule has 2 heterocycles. The summed E-state index contributed by atoms with van der Waals surface area (Å²) in [6.07, 6.45) is 0.714. The van der Waals surface area contributed by atoms with Crippen molar-refractivity contribution in [1.82, 2.24) is 4.90 Å². The van der Waals surface area contributed by atoms with Crippen LogP contribution in [0.2, 0.25) is 0 Å². The van der Waals surface area contributed by atoms with Crippen molar-refractivity contribution in [3.63, 3.8) is 0 Å². The molecule has 1 aromatic heterocycles. The lowest BCUT2D eigenvalue weighted by molar-refractivity contribution is 0.110. The van der Waals surface area contributed by atoms with Crippen molar-refractivity contribution in [2.24, 2.45) is 0 Å². The maximum absolute atomic E-state index is 10.5. The number of aldehydes is 1. The van der Waals surface area contributed by atoms with Gasteiger partial charge in [0.05, 0.1) is 6.61 Å². The minimum Gasteiger partial charge on any atom is -0.438 e. The van der Waals surface area contributed by atoms with Gasteiger partial charge >= 0.3 is 0 Å². The van der Waals surface area contributed by atoms with Gasteiger partial charge in [0.1, 0.15) is 0 Å². The zero-order valence-electron chi connectivity index (χ0n) is 9.13. The Bertz CT molecular complexity index is 343. The first-order chi connectivity index (χ1) is 7.83. The molecule has 0 aromatic carbocycles. The van der Waals surface area contributed by atoms with E-state index in [9.17, 15) is 4.79 Å². The predicted octanol–water partition coefficient (Wildman–Crippen LogP) is 0.206. The molecule has 5 heteroatoms. The Morgan fingerprint density at radius 3 is 2.62 bits per heavy atom. The van der Waals surface area contributed by atoms with Crippen LogP contribution in [0, 0.1) is 0 Å². The van der Waals surface area contributed by atoms with Crippen LogP contribution in [0.5, 0.6) is 0 Å². The van der Waals surface area contributed by atoms with Crippen molar-refractivity contribution < 1.29 is 14.3 Å². The molecule has 5 nitrogen and oxygen atoms in total. The van der Waals surface area contributed by atoms with E-state index in [1.165, 1.54) is 0 Å². The number of hydrogen-bond donors (Lipinski definition) is 1. The van der Waals surface area contributed by atoms with Crippen LogP contribution in [0.4, 0.5) is 5.88 Å². The first-order valence-electron chi connectivity index (χ1n) is 5.46. The summed E-state index contributed by atoms with van der Waals surface area (Å²) in [4.78, 5) is 14.8. The summed E-state index contributed by atoms with van der Waals surface area (Å²) in [5, 5.41) is 8.82. The third-order valence-corrected chi connectivity index (χ3v) is 2.83. The van der Waals surface area contributed by atoms with E-state index in [4.69, 9.17) is 9.52 Å². The van der Waals surface area contributed by atoms with Crippen molar-refractivity contribution in [2.75, 3.05) is 44.2 Å². The van der Waals surface area contributed by atoms with Crippen molar-refractivity contribution in [3.05, 3.63) is 17.9 Å². The molecule has 1 aromatic rings. The minimum absolute atomic E-state index is 0.204. The standard InChI is InChI=1S/C11H16N2O3/c14-8-7-12-3-5-13(6-4-12)11-2-1-10(9-15)16-11/h1-2,9,14H,3-8H2. The molecule has 0 bridgehead atoms. The van der Waals surface area contributed by atoms with Crippen LogP contribution in [0.3, 0.4) is 0 Å². The van der Waals surface area contributed by atoms with Crippen LogP contribution in [-0.4, -0.2) is 55.6 Å². The lowest BCUT2D eigenvalue weighted by Crippen LogP contribution is -2.47. The molecule has 1 saturated heterocycles. The van der Waals surface area contributed by atoms with Crippen LogP contribution in [0.1, 0.15) is 10.6 Å². The number of anilines is 1. The van der Waals surface area contributed by atoms with E-state index in [2.05, 4.69) is 9.80 Å². The van der Waals surface area contributed by atoms with E-state index >= 15 is 0 Å². The molecule has 1 N–H and O–H groups in total. The molecule has 0 aliphatic carbocycles. The van der Waals surface area contributed by atoms with Gasteiger partial charge in [0.2, 0.25) is 0 Å². The summed E-state index contributed by atoms with van der Waals surface area (Å²) in [5.74, 6) is 1.12. The molecular formula is C11H16N2O3. The zero-order valence-corrected chi connectivity index (χ0v) is 9.13. The summed E-state index contributed by atoms with van der Waals surface area (Å²) < 4.78 is 5.36. The number of carbonyl (C=O) groups excluding carboxylic acids is 1. The fraction of sp³-hybridized carbons (Fsp3) is 0.545. The lowest BCUT2D eigenvalue weighted by Gasteiger charge is -2.34. The van der Waals surface area contributed by atoms with Crippen LogP contribution in [0.15, 0.2) is 16.5 Å². The maximum atomic E-state index is 10.5. The second-order valence-electron chi connectivity index (χ2n) is 3.85. The number of furan rings is 1. The number of hydrogen-bond acceptors (Lipinski definition) is 5. The van der Waals surface area contributed by atoms with Crippen molar-refractivity contribution >= 4 is 12.2 Å². The molecule has 0 radical (unpaired) electrons. The van der Waals surface area contributed by atoms with E-state index in [0.717, 1.165) is 38.6 Å². The Labute approximate surface area is 94.2 Å². The van der Waals surface area contributed by atoms with E-state index in [-0.39, 0.29) is 6.61 Å². The van der Waals surface area contributed by atoms with Crippen molar-refractivity contribution in [1.29, 1.82) is 0 Å². The van der Waals surface area contributed by atoms with Gasteiger partial charge in [-0.2, -0.15) is 0 Å². The molecule has 88 valence electrons. The van der Waals surface area contributed by atoms with Gasteiger partial charge in [-0.15, -0.1) is 0 Å². The Kier molecular flexibility index (Phi) is 3.58. The lowest BCUT2D eigenvalue weighted by atomic mass is 10.3. The van der Waals surface area contributed by atoms with Crippen LogP contribution < -0.4 is 4.90 Å². The number of β-amino-alcohol motifs (C(OH)–C–C–N with tert-alkyl or cyclic N) is 1. The minimum atomic E-state index is 0.204. The van der Waals surface area contributed by atoms with E-state index < -0.39 is 0 Å². The number of aliphatic hydroxyl groups is 1. The van der Waals surface area contributed by atoms with Gasteiger partial charge in [-0.1, -0.05) is 0 Å². The van der Waals surface area contributed by atoms with E-state index in [1.807, 2.05) is 6.07 Å². The highest BCUT2D eigenvalue weighted by Gasteiger charge is 2.18. The average molecular weight is 224 g/mol. The smallest absolute Gasteiger partial charge is 0.196 e. The largest absolute Gasteiger partial charge is 0.438 e. The zero-order chi connectivity index (χ0) is 11.4. The Morgan fingerprint density at radius 1 is 1.31 bits per heavy atom. The Balaban J connectivity index is 1.91. The normalized spacial score (nSPS) is 17.7. The fourth-order valence-electron chi connectivity index (χ4n) is 1.91. The molecule has 0 spiro atoms. The topological polar surface area (TPSA) is 56.9 Å². The molecule has 0 amide bonds. The molecule has 0 saturated carbocycles. The fourth-order valence-corrected chi connectivity index (χ4v) is 1.91. The summed E-state index contributed by atoms with van der Waals surface area (Å²) in [6, 6.07) is 3.51. The van der Waals surface area contributed by atoms with Gasteiger partial charge in [-0.3, -0.25) is 9.69 Å².